The molecule has 1 amide bonds. The zero-order valence-electron chi connectivity index (χ0n) is 14.1. The Labute approximate surface area is 143 Å². The van der Waals surface area contributed by atoms with Crippen LogP contribution in [-0.4, -0.2) is 37.0 Å². The molecule has 1 fully saturated rings. The van der Waals surface area contributed by atoms with Crippen molar-refractivity contribution in [1.29, 1.82) is 0 Å². The highest BCUT2D eigenvalue weighted by Crippen LogP contribution is 2.21. The minimum absolute atomic E-state index is 0.0462. The van der Waals surface area contributed by atoms with Crippen LogP contribution in [0.25, 0.3) is 0 Å². The fraction of sp³-hybridized carbons (Fsp3) is 0.350. The molecule has 0 radical (unpaired) electrons. The highest BCUT2D eigenvalue weighted by molar-refractivity contribution is 5.78. The fourth-order valence-corrected chi connectivity index (χ4v) is 2.88. The average molecular weight is 324 g/mol. The number of hydrogen-bond acceptors (Lipinski definition) is 3. The Morgan fingerprint density at radius 3 is 2.67 bits per heavy atom. The normalized spacial score (nSPS) is 18.3. The lowest BCUT2D eigenvalue weighted by molar-refractivity contribution is -0.124. The second-order valence-electron chi connectivity index (χ2n) is 6.27. The number of nitrogens with one attached hydrogen (secondary N) is 1. The lowest BCUT2D eigenvalue weighted by Gasteiger charge is -2.32. The van der Waals surface area contributed by atoms with Crippen molar-refractivity contribution in [2.75, 3.05) is 26.2 Å². The van der Waals surface area contributed by atoms with Crippen LogP contribution in [0, 0.1) is 6.92 Å². The molecule has 126 valence electrons. The van der Waals surface area contributed by atoms with E-state index in [-0.39, 0.29) is 12.0 Å². The van der Waals surface area contributed by atoms with E-state index < -0.39 is 0 Å². The van der Waals surface area contributed by atoms with Gasteiger partial charge in [0.1, 0.15) is 0 Å². The van der Waals surface area contributed by atoms with Gasteiger partial charge in [0.15, 0.2) is 0 Å². The van der Waals surface area contributed by atoms with Gasteiger partial charge in [-0.2, -0.15) is 0 Å². The third kappa shape index (κ3) is 4.66. The highest BCUT2D eigenvalue weighted by atomic mass is 16.5. The molecule has 2 aromatic rings. The van der Waals surface area contributed by atoms with E-state index >= 15 is 0 Å². The van der Waals surface area contributed by atoms with E-state index in [4.69, 9.17) is 4.74 Å². The molecule has 0 aliphatic carbocycles. The van der Waals surface area contributed by atoms with Crippen molar-refractivity contribution in [2.45, 2.75) is 19.6 Å². The van der Waals surface area contributed by atoms with E-state index in [1.165, 1.54) is 11.1 Å². The Balaban J connectivity index is 1.48. The number of aryl methyl sites for hydroxylation is 1. The lowest BCUT2D eigenvalue weighted by Crippen LogP contribution is -2.44. The number of benzene rings is 2. The van der Waals surface area contributed by atoms with E-state index in [0.717, 1.165) is 18.7 Å². The lowest BCUT2D eigenvalue weighted by atomic mass is 10.1. The molecule has 0 bridgehead atoms. The van der Waals surface area contributed by atoms with Crippen LogP contribution in [0.3, 0.4) is 0 Å². The summed E-state index contributed by atoms with van der Waals surface area (Å²) in [6.07, 6.45) is 0.0462. The Morgan fingerprint density at radius 1 is 1.17 bits per heavy atom. The predicted octanol–water partition coefficient (Wildman–Crippen LogP) is 2.68. The Kier molecular flexibility index (Phi) is 5.62. The molecule has 1 saturated heterocycles. The largest absolute Gasteiger partial charge is 0.371 e. The molecule has 4 nitrogen and oxygen atoms in total. The summed E-state index contributed by atoms with van der Waals surface area (Å²) in [6, 6.07) is 18.4. The summed E-state index contributed by atoms with van der Waals surface area (Å²) in [6.45, 7) is 5.25. The van der Waals surface area contributed by atoms with E-state index in [2.05, 4.69) is 53.5 Å². The van der Waals surface area contributed by atoms with Gasteiger partial charge in [0.2, 0.25) is 5.91 Å². The minimum Gasteiger partial charge on any atom is -0.371 e. The van der Waals surface area contributed by atoms with Crippen LogP contribution >= 0.6 is 0 Å². The number of rotatable bonds is 5. The summed E-state index contributed by atoms with van der Waals surface area (Å²) < 4.78 is 5.84. The second kappa shape index (κ2) is 8.08. The fourth-order valence-electron chi connectivity index (χ4n) is 2.88. The molecule has 2 aromatic carbocycles. The Morgan fingerprint density at radius 2 is 1.92 bits per heavy atom. The van der Waals surface area contributed by atoms with Gasteiger partial charge < -0.3 is 10.1 Å². The number of amides is 1. The van der Waals surface area contributed by atoms with Crippen LogP contribution in [0.15, 0.2) is 54.6 Å². The molecule has 1 N–H and O–H groups in total. The third-order valence-electron chi connectivity index (χ3n) is 4.30. The number of nitrogens with zero attached hydrogens (tertiary/aromatic N) is 1. The Hall–Kier alpha value is -2.17. The van der Waals surface area contributed by atoms with Crippen molar-refractivity contribution in [2.24, 2.45) is 0 Å². The van der Waals surface area contributed by atoms with E-state index in [9.17, 15) is 4.79 Å². The van der Waals surface area contributed by atoms with Crippen molar-refractivity contribution >= 4 is 5.91 Å². The van der Waals surface area contributed by atoms with Gasteiger partial charge in [0.25, 0.3) is 0 Å². The molecule has 0 saturated carbocycles. The molecule has 1 aliphatic rings. The predicted molar refractivity (Wildman–Crippen MR) is 94.6 cm³/mol. The zero-order chi connectivity index (χ0) is 16.8. The van der Waals surface area contributed by atoms with Gasteiger partial charge in [-0.25, -0.2) is 0 Å². The molecule has 1 atom stereocenters. The summed E-state index contributed by atoms with van der Waals surface area (Å²) >= 11 is 0. The molecule has 3 rings (SSSR count). The molecular weight excluding hydrogens is 300 g/mol. The van der Waals surface area contributed by atoms with Gasteiger partial charge in [-0.15, -0.1) is 0 Å². The molecule has 0 spiro atoms. The number of hydrogen-bond donors (Lipinski definition) is 1. The van der Waals surface area contributed by atoms with Crippen LogP contribution < -0.4 is 5.32 Å². The maximum atomic E-state index is 12.2. The number of carbonyl (C=O) groups is 1. The van der Waals surface area contributed by atoms with Gasteiger partial charge in [0, 0.05) is 19.6 Å². The summed E-state index contributed by atoms with van der Waals surface area (Å²) in [7, 11) is 0. The first-order valence-electron chi connectivity index (χ1n) is 8.42. The second-order valence-corrected chi connectivity index (χ2v) is 6.27. The summed E-state index contributed by atoms with van der Waals surface area (Å²) in [4.78, 5) is 14.4. The number of morpholine rings is 1. The molecule has 1 unspecified atom stereocenters. The molecule has 4 heteroatoms. The first-order valence-corrected chi connectivity index (χ1v) is 8.42. The average Bonchev–Trinajstić information content (AvgIpc) is 2.62. The van der Waals surface area contributed by atoms with Crippen LogP contribution in [0.5, 0.6) is 0 Å². The van der Waals surface area contributed by atoms with E-state index in [1.54, 1.807) is 0 Å². The maximum Gasteiger partial charge on any atom is 0.234 e. The van der Waals surface area contributed by atoms with Gasteiger partial charge >= 0.3 is 0 Å². The van der Waals surface area contributed by atoms with Crippen molar-refractivity contribution < 1.29 is 9.53 Å². The maximum absolute atomic E-state index is 12.2. The Bertz CT molecular complexity index is 655. The molecule has 1 heterocycles. The van der Waals surface area contributed by atoms with Crippen molar-refractivity contribution in [3.8, 4) is 0 Å². The van der Waals surface area contributed by atoms with Crippen molar-refractivity contribution in [3.63, 3.8) is 0 Å². The first-order chi connectivity index (χ1) is 11.7. The van der Waals surface area contributed by atoms with Crippen molar-refractivity contribution in [1.82, 2.24) is 10.2 Å². The van der Waals surface area contributed by atoms with E-state index in [1.807, 2.05) is 18.2 Å². The third-order valence-corrected chi connectivity index (χ3v) is 4.30. The zero-order valence-corrected chi connectivity index (χ0v) is 14.1. The molecule has 0 aromatic heterocycles. The quantitative estimate of drug-likeness (QED) is 0.919. The van der Waals surface area contributed by atoms with Crippen LogP contribution in [0.1, 0.15) is 22.8 Å². The van der Waals surface area contributed by atoms with E-state index in [0.29, 0.717) is 19.7 Å². The number of carbonyl (C=O) groups excluding carboxylic acids is 1. The summed E-state index contributed by atoms with van der Waals surface area (Å²) in [5.74, 6) is 0.0595. The molecular formula is C20H24N2O2. The van der Waals surface area contributed by atoms with Gasteiger partial charge in [-0.1, -0.05) is 60.2 Å². The van der Waals surface area contributed by atoms with Gasteiger partial charge in [-0.05, 0) is 18.1 Å². The summed E-state index contributed by atoms with van der Waals surface area (Å²) in [5.41, 5.74) is 3.52. The van der Waals surface area contributed by atoms with Crippen LogP contribution in [-0.2, 0) is 16.1 Å². The first kappa shape index (κ1) is 16.7. The minimum atomic E-state index is 0.0462. The SMILES string of the molecule is Cc1ccc(CNC(=O)CN2CCOC(c3ccccc3)C2)cc1. The van der Waals surface area contributed by atoms with Gasteiger partial charge in [0.05, 0.1) is 19.3 Å². The standard InChI is InChI=1S/C20H24N2O2/c1-16-7-9-17(10-8-16)13-21-20(23)15-22-11-12-24-19(14-22)18-5-3-2-4-6-18/h2-10,19H,11-15H2,1H3,(H,21,23). The summed E-state index contributed by atoms with van der Waals surface area (Å²) in [5, 5.41) is 3.00. The topological polar surface area (TPSA) is 41.6 Å². The number of ether oxygens (including phenoxy) is 1. The van der Waals surface area contributed by atoms with Crippen molar-refractivity contribution in [3.05, 3.63) is 71.3 Å². The van der Waals surface area contributed by atoms with Crippen LogP contribution in [0.4, 0.5) is 0 Å². The smallest absolute Gasteiger partial charge is 0.234 e. The monoisotopic (exact) mass is 324 g/mol. The van der Waals surface area contributed by atoms with Gasteiger partial charge in [-0.3, -0.25) is 9.69 Å². The van der Waals surface area contributed by atoms with Crippen LogP contribution in [0.2, 0.25) is 0 Å². The highest BCUT2D eigenvalue weighted by Gasteiger charge is 2.23. The molecule has 24 heavy (non-hydrogen) atoms. The molecule has 1 aliphatic heterocycles.